The number of nitriles is 1. The zero-order valence-corrected chi connectivity index (χ0v) is 10.5. The predicted molar refractivity (Wildman–Crippen MR) is 61.4 cm³/mol. The summed E-state index contributed by atoms with van der Waals surface area (Å²) in [6.07, 6.45) is 0.125. The summed E-state index contributed by atoms with van der Waals surface area (Å²) in [5.74, 6) is -0.110. The van der Waals surface area contributed by atoms with E-state index in [0.29, 0.717) is 16.9 Å². The number of hydrogen-bond donors (Lipinski definition) is 0. The summed E-state index contributed by atoms with van der Waals surface area (Å²) in [6, 6.07) is 5.36. The number of hydrogen-bond acceptors (Lipinski definition) is 4. The number of carbonyl (C=O) groups excluding carboxylic acids is 1. The van der Waals surface area contributed by atoms with Crippen LogP contribution >= 0.6 is 15.9 Å². The average molecular weight is 284 g/mol. The highest BCUT2D eigenvalue weighted by atomic mass is 79.9. The van der Waals surface area contributed by atoms with Gasteiger partial charge in [0.1, 0.15) is 11.3 Å². The highest BCUT2D eigenvalue weighted by Crippen LogP contribution is 2.28. The average Bonchev–Trinajstić information content (AvgIpc) is 2.27. The molecule has 5 heteroatoms. The van der Waals surface area contributed by atoms with Gasteiger partial charge >= 0.3 is 5.97 Å². The summed E-state index contributed by atoms with van der Waals surface area (Å²) < 4.78 is 10.5. The largest absolute Gasteiger partial charge is 0.496 e. The minimum Gasteiger partial charge on any atom is -0.496 e. The first-order valence-corrected chi connectivity index (χ1v) is 5.25. The van der Waals surface area contributed by atoms with E-state index in [1.165, 1.54) is 14.2 Å². The molecular formula is C11H10BrNO3. The second kappa shape index (κ2) is 5.52. The lowest BCUT2D eigenvalue weighted by molar-refractivity contribution is 0.0596. The standard InChI is InChI=1S/C11H10BrNO3/c1-15-9-6-8(12)5-7(3-4-13)10(9)11(14)16-2/h5-6H,3H2,1-2H3. The first-order valence-electron chi connectivity index (χ1n) is 4.45. The topological polar surface area (TPSA) is 59.3 Å². The third-order valence-corrected chi connectivity index (χ3v) is 2.49. The SMILES string of the molecule is COC(=O)c1c(CC#N)cc(Br)cc1OC. The van der Waals surface area contributed by atoms with Crippen molar-refractivity contribution >= 4 is 21.9 Å². The van der Waals surface area contributed by atoms with Crippen LogP contribution in [0.25, 0.3) is 0 Å². The van der Waals surface area contributed by atoms with Crippen LogP contribution < -0.4 is 4.74 Å². The Balaban J connectivity index is 3.39. The highest BCUT2D eigenvalue weighted by Gasteiger charge is 2.18. The Morgan fingerprint density at radius 1 is 1.50 bits per heavy atom. The predicted octanol–water partition coefficient (Wildman–Crippen LogP) is 2.31. The molecule has 0 aliphatic rings. The molecule has 16 heavy (non-hydrogen) atoms. The van der Waals surface area contributed by atoms with Crippen LogP contribution in [0.4, 0.5) is 0 Å². The van der Waals surface area contributed by atoms with E-state index in [-0.39, 0.29) is 6.42 Å². The van der Waals surface area contributed by atoms with Crippen LogP contribution in [0, 0.1) is 11.3 Å². The lowest BCUT2D eigenvalue weighted by Gasteiger charge is -2.11. The molecule has 0 radical (unpaired) electrons. The summed E-state index contributed by atoms with van der Waals surface area (Å²) >= 11 is 3.29. The molecule has 0 spiro atoms. The fraction of sp³-hybridized carbons (Fsp3) is 0.273. The van der Waals surface area contributed by atoms with Crippen molar-refractivity contribution in [3.63, 3.8) is 0 Å². The Morgan fingerprint density at radius 2 is 2.19 bits per heavy atom. The summed E-state index contributed by atoms with van der Waals surface area (Å²) in [5, 5.41) is 8.69. The van der Waals surface area contributed by atoms with Crippen LogP contribution in [-0.2, 0) is 11.2 Å². The maximum Gasteiger partial charge on any atom is 0.341 e. The summed E-state index contributed by atoms with van der Waals surface area (Å²) in [4.78, 5) is 11.6. The summed E-state index contributed by atoms with van der Waals surface area (Å²) in [6.45, 7) is 0. The van der Waals surface area contributed by atoms with Gasteiger partial charge in [-0.3, -0.25) is 0 Å². The number of nitrogens with zero attached hydrogens (tertiary/aromatic N) is 1. The molecule has 0 aliphatic carbocycles. The minimum atomic E-state index is -0.505. The second-order valence-electron chi connectivity index (χ2n) is 2.97. The molecule has 0 amide bonds. The van der Waals surface area contributed by atoms with Crippen molar-refractivity contribution in [2.75, 3.05) is 14.2 Å². The Kier molecular flexibility index (Phi) is 4.32. The van der Waals surface area contributed by atoms with E-state index in [1.54, 1.807) is 12.1 Å². The van der Waals surface area contributed by atoms with E-state index in [0.717, 1.165) is 4.47 Å². The highest BCUT2D eigenvalue weighted by molar-refractivity contribution is 9.10. The third-order valence-electron chi connectivity index (χ3n) is 2.03. The monoisotopic (exact) mass is 283 g/mol. The van der Waals surface area contributed by atoms with Crippen molar-refractivity contribution in [1.29, 1.82) is 5.26 Å². The molecule has 0 aliphatic heterocycles. The molecular weight excluding hydrogens is 274 g/mol. The molecule has 0 unspecified atom stereocenters. The van der Waals surface area contributed by atoms with Gasteiger partial charge in [-0.05, 0) is 17.7 Å². The fourth-order valence-corrected chi connectivity index (χ4v) is 1.84. The first-order chi connectivity index (χ1) is 7.63. The number of rotatable bonds is 3. The molecule has 0 bridgehead atoms. The molecule has 84 valence electrons. The molecule has 4 nitrogen and oxygen atoms in total. The number of halogens is 1. The van der Waals surface area contributed by atoms with E-state index < -0.39 is 5.97 Å². The zero-order chi connectivity index (χ0) is 12.1. The Labute approximate surface area is 102 Å². The summed E-state index contributed by atoms with van der Waals surface area (Å²) in [7, 11) is 2.75. The van der Waals surface area contributed by atoms with Gasteiger partial charge < -0.3 is 9.47 Å². The lowest BCUT2D eigenvalue weighted by Crippen LogP contribution is -2.08. The van der Waals surface area contributed by atoms with Crippen LogP contribution in [0.2, 0.25) is 0 Å². The van der Waals surface area contributed by atoms with Crippen LogP contribution in [0.3, 0.4) is 0 Å². The zero-order valence-electron chi connectivity index (χ0n) is 8.91. The number of carbonyl (C=O) groups is 1. The maximum atomic E-state index is 11.6. The van der Waals surface area contributed by atoms with Crippen molar-refractivity contribution in [3.8, 4) is 11.8 Å². The number of ether oxygens (including phenoxy) is 2. The van der Waals surface area contributed by atoms with Crippen LogP contribution in [0.5, 0.6) is 5.75 Å². The molecule has 1 rings (SSSR count). The third kappa shape index (κ3) is 2.52. The fourth-order valence-electron chi connectivity index (χ4n) is 1.36. The minimum absolute atomic E-state index is 0.125. The van der Waals surface area contributed by atoms with E-state index in [4.69, 9.17) is 10.00 Å². The molecule has 0 heterocycles. The molecule has 0 atom stereocenters. The molecule has 1 aromatic rings. The van der Waals surface area contributed by atoms with Gasteiger partial charge in [-0.15, -0.1) is 0 Å². The molecule has 0 N–H and O–H groups in total. The van der Waals surface area contributed by atoms with E-state index >= 15 is 0 Å². The Hall–Kier alpha value is -1.54. The van der Waals surface area contributed by atoms with Gasteiger partial charge in [0.15, 0.2) is 0 Å². The van der Waals surface area contributed by atoms with Crippen molar-refractivity contribution < 1.29 is 14.3 Å². The smallest absolute Gasteiger partial charge is 0.341 e. The van der Waals surface area contributed by atoms with Gasteiger partial charge in [-0.1, -0.05) is 15.9 Å². The van der Waals surface area contributed by atoms with Gasteiger partial charge in [0.2, 0.25) is 0 Å². The number of methoxy groups -OCH3 is 2. The molecule has 0 aromatic heterocycles. The van der Waals surface area contributed by atoms with Gasteiger partial charge in [0.05, 0.1) is 26.7 Å². The maximum absolute atomic E-state index is 11.6. The Bertz CT molecular complexity index is 451. The van der Waals surface area contributed by atoms with Crippen LogP contribution in [-0.4, -0.2) is 20.2 Å². The molecule has 0 saturated carbocycles. The normalized spacial score (nSPS) is 9.38. The van der Waals surface area contributed by atoms with Gasteiger partial charge in [0.25, 0.3) is 0 Å². The summed E-state index contributed by atoms with van der Waals surface area (Å²) in [5.41, 5.74) is 0.885. The lowest BCUT2D eigenvalue weighted by atomic mass is 10.0. The molecule has 0 saturated heterocycles. The van der Waals surface area contributed by atoms with E-state index in [1.807, 2.05) is 6.07 Å². The number of benzene rings is 1. The van der Waals surface area contributed by atoms with E-state index in [2.05, 4.69) is 20.7 Å². The second-order valence-corrected chi connectivity index (χ2v) is 3.88. The Morgan fingerprint density at radius 3 is 2.69 bits per heavy atom. The number of esters is 1. The van der Waals surface area contributed by atoms with E-state index in [9.17, 15) is 4.79 Å². The molecule has 0 fully saturated rings. The quantitative estimate of drug-likeness (QED) is 0.799. The van der Waals surface area contributed by atoms with Gasteiger partial charge in [-0.2, -0.15) is 5.26 Å². The van der Waals surface area contributed by atoms with Gasteiger partial charge in [-0.25, -0.2) is 4.79 Å². The van der Waals surface area contributed by atoms with Crippen LogP contribution in [0.15, 0.2) is 16.6 Å². The van der Waals surface area contributed by atoms with Crippen molar-refractivity contribution in [2.45, 2.75) is 6.42 Å². The van der Waals surface area contributed by atoms with Crippen molar-refractivity contribution in [2.24, 2.45) is 0 Å². The van der Waals surface area contributed by atoms with Gasteiger partial charge in [0, 0.05) is 4.47 Å². The van der Waals surface area contributed by atoms with Crippen LogP contribution in [0.1, 0.15) is 15.9 Å². The van der Waals surface area contributed by atoms with Crippen molar-refractivity contribution in [1.82, 2.24) is 0 Å². The molecule has 1 aromatic carbocycles. The van der Waals surface area contributed by atoms with Crippen molar-refractivity contribution in [3.05, 3.63) is 27.7 Å². The first kappa shape index (κ1) is 12.5.